The molecule has 0 fully saturated rings. The summed E-state index contributed by atoms with van der Waals surface area (Å²) in [6.45, 7) is -2.26. The summed E-state index contributed by atoms with van der Waals surface area (Å²) < 4.78 is 59.3. The molecule has 0 saturated carbocycles. The third-order valence-electron chi connectivity index (χ3n) is 4.31. The number of fused-ring (bicyclic) bond motifs is 1. The molecule has 1 aliphatic heterocycles. The van der Waals surface area contributed by atoms with Gasteiger partial charge in [0.05, 0.1) is 6.61 Å². The van der Waals surface area contributed by atoms with Gasteiger partial charge in [0.1, 0.15) is 11.6 Å². The van der Waals surface area contributed by atoms with E-state index in [1.54, 1.807) is 25.2 Å². The Bertz CT molecular complexity index is 915. The van der Waals surface area contributed by atoms with Crippen LogP contribution in [-0.4, -0.2) is 33.5 Å². The Kier molecular flexibility index (Phi) is 9.49. The minimum absolute atomic E-state index is 0. The fraction of sp³-hybridized carbons (Fsp3) is 0.350. The summed E-state index contributed by atoms with van der Waals surface area (Å²) in [6, 6.07) is 7.68. The van der Waals surface area contributed by atoms with Crippen LogP contribution in [0.4, 0.5) is 13.2 Å². The van der Waals surface area contributed by atoms with Crippen molar-refractivity contribution in [2.75, 3.05) is 21.0 Å². The number of nitrogens with zero attached hydrogens (tertiary/aromatic N) is 1. The van der Waals surface area contributed by atoms with Crippen LogP contribution >= 0.6 is 24.0 Å². The molecular formula is C20H23F3IN3O4. The van der Waals surface area contributed by atoms with Crippen LogP contribution in [0.1, 0.15) is 16.7 Å². The molecule has 2 aromatic carbocycles. The van der Waals surface area contributed by atoms with E-state index in [0.717, 1.165) is 5.56 Å². The molecule has 1 aliphatic rings. The van der Waals surface area contributed by atoms with E-state index >= 15 is 0 Å². The van der Waals surface area contributed by atoms with Crippen molar-refractivity contribution in [2.24, 2.45) is 4.99 Å². The van der Waals surface area contributed by atoms with E-state index < -0.39 is 6.61 Å². The monoisotopic (exact) mass is 553 g/mol. The van der Waals surface area contributed by atoms with E-state index in [2.05, 4.69) is 20.4 Å². The van der Waals surface area contributed by atoms with Crippen molar-refractivity contribution < 1.29 is 32.1 Å². The Morgan fingerprint density at radius 3 is 2.48 bits per heavy atom. The number of alkyl halides is 2. The molecule has 7 nitrogen and oxygen atoms in total. The van der Waals surface area contributed by atoms with Gasteiger partial charge in [-0.25, -0.2) is 4.39 Å². The second-order valence-electron chi connectivity index (χ2n) is 6.33. The number of rotatable bonds is 8. The molecule has 0 aliphatic carbocycles. The number of methoxy groups -OCH3 is 1. The van der Waals surface area contributed by atoms with E-state index in [0.29, 0.717) is 35.1 Å². The summed E-state index contributed by atoms with van der Waals surface area (Å²) >= 11 is 0. The van der Waals surface area contributed by atoms with Crippen molar-refractivity contribution in [2.45, 2.75) is 26.3 Å². The lowest BCUT2D eigenvalue weighted by Crippen LogP contribution is -2.36. The third-order valence-corrected chi connectivity index (χ3v) is 4.31. The Morgan fingerprint density at radius 1 is 1.10 bits per heavy atom. The lowest BCUT2D eigenvalue weighted by Gasteiger charge is -2.15. The first-order valence-electron chi connectivity index (χ1n) is 9.08. The highest BCUT2D eigenvalue weighted by atomic mass is 127. The van der Waals surface area contributed by atoms with Crippen LogP contribution in [-0.2, 0) is 24.4 Å². The highest BCUT2D eigenvalue weighted by molar-refractivity contribution is 14.0. The topological polar surface area (TPSA) is 73.3 Å². The fourth-order valence-corrected chi connectivity index (χ4v) is 2.90. The molecule has 0 aromatic heterocycles. The molecule has 31 heavy (non-hydrogen) atoms. The summed E-state index contributed by atoms with van der Waals surface area (Å²) in [5, 5.41) is 6.12. The molecule has 0 bridgehead atoms. The molecule has 11 heteroatoms. The van der Waals surface area contributed by atoms with Crippen molar-refractivity contribution in [3.63, 3.8) is 0 Å². The number of aliphatic imine (C=N–C) groups is 1. The van der Waals surface area contributed by atoms with Crippen LogP contribution in [0.3, 0.4) is 0 Å². The quantitative estimate of drug-likeness (QED) is 0.295. The molecule has 0 atom stereocenters. The first kappa shape index (κ1) is 24.9. The molecule has 2 N–H and O–H groups in total. The van der Waals surface area contributed by atoms with Crippen molar-refractivity contribution in [3.8, 4) is 17.2 Å². The van der Waals surface area contributed by atoms with Gasteiger partial charge in [0, 0.05) is 44.4 Å². The maximum Gasteiger partial charge on any atom is 0.387 e. The van der Waals surface area contributed by atoms with Crippen molar-refractivity contribution >= 4 is 29.9 Å². The second kappa shape index (κ2) is 11.8. The maximum absolute atomic E-state index is 13.7. The summed E-state index contributed by atoms with van der Waals surface area (Å²) in [5.41, 5.74) is 1.73. The Hall–Kier alpha value is -2.41. The van der Waals surface area contributed by atoms with E-state index in [4.69, 9.17) is 14.2 Å². The number of hydrogen-bond acceptors (Lipinski definition) is 5. The molecule has 170 valence electrons. The number of halogens is 4. The predicted molar refractivity (Wildman–Crippen MR) is 119 cm³/mol. The van der Waals surface area contributed by atoms with Gasteiger partial charge in [0.15, 0.2) is 17.5 Å². The Balaban J connectivity index is 0.00000341. The molecule has 1 heterocycles. The number of hydrogen-bond donors (Lipinski definition) is 2. The van der Waals surface area contributed by atoms with Gasteiger partial charge in [-0.1, -0.05) is 6.07 Å². The van der Waals surface area contributed by atoms with Gasteiger partial charge < -0.3 is 29.6 Å². The fourth-order valence-electron chi connectivity index (χ4n) is 2.90. The van der Waals surface area contributed by atoms with Gasteiger partial charge >= 0.3 is 6.61 Å². The van der Waals surface area contributed by atoms with Gasteiger partial charge in [0.25, 0.3) is 0 Å². The average Bonchev–Trinajstić information content (AvgIpc) is 3.17. The minimum atomic E-state index is -2.97. The van der Waals surface area contributed by atoms with E-state index in [-0.39, 0.29) is 55.5 Å². The summed E-state index contributed by atoms with van der Waals surface area (Å²) in [7, 11) is 3.07. The van der Waals surface area contributed by atoms with Crippen LogP contribution in [0.25, 0.3) is 0 Å². The van der Waals surface area contributed by atoms with E-state index in [1.807, 2.05) is 0 Å². The zero-order valence-corrected chi connectivity index (χ0v) is 19.2. The molecule has 0 saturated heterocycles. The zero-order valence-electron chi connectivity index (χ0n) is 16.9. The van der Waals surface area contributed by atoms with Crippen LogP contribution in [0, 0.1) is 5.82 Å². The Morgan fingerprint density at radius 2 is 1.81 bits per heavy atom. The number of guanidine groups is 1. The number of nitrogens with one attached hydrogen (secondary N) is 2. The minimum Gasteiger partial charge on any atom is -0.454 e. The smallest absolute Gasteiger partial charge is 0.387 e. The van der Waals surface area contributed by atoms with Gasteiger partial charge in [-0.05, 0) is 23.8 Å². The van der Waals surface area contributed by atoms with Crippen molar-refractivity contribution in [1.82, 2.24) is 10.6 Å². The standard InChI is InChI=1S/C20H22F3N3O4.HI/c1-24-20(25-8-12-3-4-15(21)14(5-12)10-27-2)26-9-13-6-17-18(29-11-28-17)7-16(13)30-19(22)23;/h3-7,19H,8-11H2,1-2H3,(H2,24,25,26);1H. The molecule has 0 unspecified atom stereocenters. The summed E-state index contributed by atoms with van der Waals surface area (Å²) in [5.74, 6) is 0.874. The molecule has 3 rings (SSSR count). The van der Waals surface area contributed by atoms with Crippen LogP contribution in [0.15, 0.2) is 35.3 Å². The van der Waals surface area contributed by atoms with Gasteiger partial charge in [-0.2, -0.15) is 8.78 Å². The maximum atomic E-state index is 13.7. The molecule has 0 radical (unpaired) electrons. The largest absolute Gasteiger partial charge is 0.454 e. The van der Waals surface area contributed by atoms with E-state index in [9.17, 15) is 13.2 Å². The second-order valence-corrected chi connectivity index (χ2v) is 6.33. The molecule has 2 aromatic rings. The first-order chi connectivity index (χ1) is 14.5. The summed E-state index contributed by atoms with van der Waals surface area (Å²) in [4.78, 5) is 4.11. The third kappa shape index (κ3) is 6.79. The number of ether oxygens (including phenoxy) is 4. The van der Waals surface area contributed by atoms with Gasteiger partial charge in [-0.3, -0.25) is 4.99 Å². The van der Waals surface area contributed by atoms with Crippen molar-refractivity contribution in [1.29, 1.82) is 0 Å². The predicted octanol–water partition coefficient (Wildman–Crippen LogP) is 3.79. The lowest BCUT2D eigenvalue weighted by atomic mass is 10.1. The lowest BCUT2D eigenvalue weighted by molar-refractivity contribution is -0.0505. The molecule has 0 amide bonds. The highest BCUT2D eigenvalue weighted by Gasteiger charge is 2.20. The van der Waals surface area contributed by atoms with E-state index in [1.165, 1.54) is 19.2 Å². The molecule has 0 spiro atoms. The SMILES string of the molecule is CN=C(NCc1ccc(F)c(COC)c1)NCc1cc2c(cc1OC(F)F)OCO2.I. The zero-order chi connectivity index (χ0) is 21.5. The molecular weight excluding hydrogens is 530 g/mol. The van der Waals surface area contributed by atoms with Crippen LogP contribution in [0.2, 0.25) is 0 Å². The number of benzene rings is 2. The highest BCUT2D eigenvalue weighted by Crippen LogP contribution is 2.38. The first-order valence-corrected chi connectivity index (χ1v) is 9.08. The summed E-state index contributed by atoms with van der Waals surface area (Å²) in [6.07, 6.45) is 0. The van der Waals surface area contributed by atoms with Gasteiger partial charge in [0.2, 0.25) is 6.79 Å². The van der Waals surface area contributed by atoms with Crippen LogP contribution < -0.4 is 24.8 Å². The van der Waals surface area contributed by atoms with Crippen LogP contribution in [0.5, 0.6) is 17.2 Å². The Labute approximate surface area is 194 Å². The normalized spacial score (nSPS) is 12.5. The van der Waals surface area contributed by atoms with Gasteiger partial charge in [-0.15, -0.1) is 24.0 Å². The average molecular weight is 553 g/mol. The van der Waals surface area contributed by atoms with Crippen molar-refractivity contribution in [3.05, 3.63) is 52.8 Å².